The van der Waals surface area contributed by atoms with E-state index < -0.39 is 22.8 Å². The molecule has 0 spiro atoms. The highest BCUT2D eigenvalue weighted by atomic mass is 79.9. The highest BCUT2D eigenvalue weighted by molar-refractivity contribution is 9.11. The summed E-state index contributed by atoms with van der Waals surface area (Å²) < 4.78 is 54.5. The zero-order valence-corrected chi connectivity index (χ0v) is 90.4. The molecule has 0 radical (unpaired) electrons. The van der Waals surface area contributed by atoms with Crippen LogP contribution in [0.1, 0.15) is 244 Å². The molecular weight excluding hydrogens is 2180 g/mol. The first-order valence-electron chi connectivity index (χ1n) is 48.0. The summed E-state index contributed by atoms with van der Waals surface area (Å²) in [6.45, 7) is 17.5. The monoisotopic (exact) mass is 2280 g/mol. The number of piperidine rings is 3. The fraction of sp³-hybridized carbons (Fsp3) is 0.421. The Balaban J connectivity index is 0.000000139. The maximum atomic E-state index is 13.4. The fourth-order valence-electron chi connectivity index (χ4n) is 18.1. The number of hydrogen-bond donors (Lipinski definition) is 2. The van der Waals surface area contributed by atoms with Crippen LogP contribution in [-0.4, -0.2) is 147 Å². The maximum Gasteiger partial charge on any atom is 0.331 e. The number of amides is 3. The Morgan fingerprint density at radius 1 is 0.434 bits per heavy atom. The third-order valence-corrected chi connectivity index (χ3v) is 28.5. The zero-order valence-electron chi connectivity index (χ0n) is 81.1. The van der Waals surface area contributed by atoms with Crippen molar-refractivity contribution in [2.75, 3.05) is 9.80 Å². The molecule has 145 heavy (non-hydrogen) atoms. The van der Waals surface area contributed by atoms with Crippen molar-refractivity contribution in [2.24, 2.45) is 17.8 Å². The van der Waals surface area contributed by atoms with E-state index >= 15 is 0 Å². The number of hydrogen-bond acceptors (Lipinski definition) is 25. The molecule has 3 aliphatic heterocycles. The third-order valence-electron chi connectivity index (χ3n) is 25.2. The number of ether oxygens (including phenoxy) is 6. The van der Waals surface area contributed by atoms with Crippen LogP contribution >= 0.6 is 117 Å². The first kappa shape index (κ1) is 109. The van der Waals surface area contributed by atoms with E-state index in [-0.39, 0.29) is 116 Å². The molecule has 6 bridgehead atoms. The molecule has 9 atom stereocenters. The van der Waals surface area contributed by atoms with Crippen LogP contribution in [0.4, 0.5) is 11.4 Å². The van der Waals surface area contributed by atoms with Gasteiger partial charge < -0.3 is 62.2 Å². The van der Waals surface area contributed by atoms with Crippen LogP contribution in [0.2, 0.25) is 30.1 Å². The lowest BCUT2D eigenvalue weighted by molar-refractivity contribution is -0.155. The van der Waals surface area contributed by atoms with Gasteiger partial charge in [-0.05, 0) is 290 Å². The smallest absolute Gasteiger partial charge is 0.331 e. The van der Waals surface area contributed by atoms with Gasteiger partial charge >= 0.3 is 23.9 Å². The molecule has 8 aromatic heterocycles. The summed E-state index contributed by atoms with van der Waals surface area (Å²) in [6, 6.07) is 34.8. The number of carboxylic acid groups (broad SMARTS) is 1. The van der Waals surface area contributed by atoms with Gasteiger partial charge in [0.05, 0.1) is 135 Å². The molecule has 9 fully saturated rings. The number of carbonyl (C=O) groups is 8. The molecule has 38 heteroatoms. The minimum Gasteiger partial charge on any atom is -0.481 e. The topological polar surface area (TPSA) is 373 Å². The lowest BCUT2D eigenvalue weighted by Gasteiger charge is -2.31. The second-order valence-corrected chi connectivity index (χ2v) is 45.0. The number of aldehydes is 1. The molecule has 764 valence electrons. The Morgan fingerprint density at radius 2 is 0.786 bits per heavy atom. The quantitative estimate of drug-likeness (QED) is 0.0190. The Labute approximate surface area is 895 Å². The SMILES string of the molecule is CC(C)(C)OC(=O)C=Cc1ccc(Br)cn1.CC(C)(C)OC(=O)CCc1ccc(Br)cn1.CC(C)(C)OC(=O)CCc1ccc(N2C(=O)[C@@H]3C[C@H]2C[C@H]3OCc2c(-c3c(Cl)cccc3Cl)noc2C2CC2)cn1.O=C(O)CCc1ccc(N2C(=O)[C@@H]3C[C@H]2C[C@H]3OCc2c(-c3c(Cl)cccc3Cl)noc2C2CC2)cn1.O=C1N[C@@H]2C[C@@H](OCc3c(-c4c(Cl)cccc4Cl)noc3C3CC3)[C@H]1C2.O=Cc1ccc(Br)cn1. The summed E-state index contributed by atoms with van der Waals surface area (Å²) in [4.78, 5) is 119. The number of esters is 3. The number of fused-ring (bicyclic) bond motifs is 6. The number of aliphatic carboxylic acids is 1. The number of anilines is 2. The number of carboxylic acids is 1. The number of rotatable bonds is 29. The Morgan fingerprint density at radius 3 is 1.10 bits per heavy atom. The molecule has 3 aromatic carbocycles. The molecule has 6 aliphatic carbocycles. The average molecular weight is 2290 g/mol. The molecule has 3 saturated heterocycles. The molecule has 6 saturated carbocycles. The van der Waals surface area contributed by atoms with Gasteiger partial charge in [0, 0.05) is 144 Å². The van der Waals surface area contributed by atoms with E-state index in [1.54, 1.807) is 110 Å². The van der Waals surface area contributed by atoms with Gasteiger partial charge in [-0.1, -0.05) is 103 Å². The summed E-state index contributed by atoms with van der Waals surface area (Å²) >= 11 is 48.5. The van der Waals surface area contributed by atoms with Gasteiger partial charge in [-0.2, -0.15) is 0 Å². The Hall–Kier alpha value is -10.2. The fourth-order valence-corrected chi connectivity index (χ4v) is 20.6. The molecule has 20 rings (SSSR count). The largest absolute Gasteiger partial charge is 0.481 e. The van der Waals surface area contributed by atoms with Crippen LogP contribution in [0.5, 0.6) is 0 Å². The first-order valence-corrected chi connectivity index (χ1v) is 52.7. The van der Waals surface area contributed by atoms with Crippen LogP contribution in [-0.2, 0) is 101 Å². The van der Waals surface area contributed by atoms with Crippen molar-refractivity contribution in [1.29, 1.82) is 0 Å². The standard InChI is InChI=1S/C31H33Cl2N3O5.C27H25Cl2N3O5.C19H18Cl2N2O3.C12H16BrNO2.C12H14BrNO2.C6H4BrNO/c1-31(2,3)40-26(37)12-10-18-9-11-19(15-34-18)36-20-13-21(30(36)38)25(14-20)39-16-22-28(35-41-29(22)17-7-8-17)27-23(32)5-4-6-24(27)33;28-20-2-1-3-21(29)24(20)25-19(26(37-31-25)14-4-5-14)13-36-22-11-17-10-18(22)27(35)32(17)16-8-6-15(30-12-16)7-9-23(33)34;20-13-2-1-3-14(21)16(13)17-12(18(26-23-17)9-4-5-9)8-25-15-7-10-6-11(15)19(24)22-10;2*1-12(2,3)16-11(15)7-6-10-5-4-9(13)8-14-10;7-5-1-2-6(4-9)8-3-5/h4-6,9,11,15,17,20-21,25H,7-8,10,12-14,16H2,1-3H3;1-3,6,8,12,14,17-18,22H,4-5,7,9-11,13H2,(H,33,34);1-3,9-11,15H,4-8H2,(H,22,24);4-5,8H,6-7H2,1-3H3;4-8H,1-3H3;1-4H/t20-,21+,25+;17-,18+,22+;10-,11+,15+;;;/m000.../s1. The summed E-state index contributed by atoms with van der Waals surface area (Å²) in [6.07, 6.45) is 24.8. The Kier molecular flexibility index (Phi) is 36.4. The first-order chi connectivity index (χ1) is 69.2. The lowest BCUT2D eigenvalue weighted by atomic mass is 10.0. The predicted molar refractivity (Wildman–Crippen MR) is 559 cm³/mol. The average Bonchev–Trinajstić information content (AvgIpc) is 1.60. The van der Waals surface area contributed by atoms with E-state index in [2.05, 4.69) is 93.5 Å². The van der Waals surface area contributed by atoms with Crippen molar-refractivity contribution in [2.45, 2.75) is 269 Å². The molecule has 0 unspecified atom stereocenters. The maximum absolute atomic E-state index is 13.4. The van der Waals surface area contributed by atoms with E-state index in [1.807, 2.05) is 115 Å². The van der Waals surface area contributed by atoms with E-state index in [1.165, 1.54) is 6.08 Å². The molecule has 29 nitrogen and oxygen atoms in total. The van der Waals surface area contributed by atoms with Crippen LogP contribution in [0.3, 0.4) is 0 Å². The summed E-state index contributed by atoms with van der Waals surface area (Å²) in [7, 11) is 0. The van der Waals surface area contributed by atoms with E-state index in [4.69, 9.17) is 117 Å². The van der Waals surface area contributed by atoms with E-state index in [0.29, 0.717) is 137 Å². The predicted octanol–water partition coefficient (Wildman–Crippen LogP) is 24.8. The second kappa shape index (κ2) is 48.4. The zero-order chi connectivity index (χ0) is 103. The molecule has 11 heterocycles. The minimum atomic E-state index is -0.860. The van der Waals surface area contributed by atoms with Crippen molar-refractivity contribution in [3.05, 3.63) is 258 Å². The van der Waals surface area contributed by atoms with Gasteiger partial charge in [0.25, 0.3) is 0 Å². The lowest BCUT2D eigenvalue weighted by Crippen LogP contribution is -2.43. The number of benzene rings is 3. The van der Waals surface area contributed by atoms with Gasteiger partial charge in [0.1, 0.15) is 56.9 Å². The van der Waals surface area contributed by atoms with Crippen LogP contribution in [0, 0.1) is 17.8 Å². The number of nitrogens with zero attached hydrogens (tertiary/aromatic N) is 10. The number of aromatic nitrogens is 8. The van der Waals surface area contributed by atoms with Crippen molar-refractivity contribution in [1.82, 2.24) is 45.7 Å². The van der Waals surface area contributed by atoms with Crippen molar-refractivity contribution < 1.29 is 85.5 Å². The highest BCUT2D eigenvalue weighted by Gasteiger charge is 2.54. The Bertz CT molecular complexity index is 6440. The van der Waals surface area contributed by atoms with Gasteiger partial charge in [0.15, 0.2) is 6.29 Å². The molecular formula is C107H110Br3Cl6N11O18. The number of carbonyl (C=O) groups excluding carboxylic acids is 7. The van der Waals surface area contributed by atoms with Gasteiger partial charge in [0.2, 0.25) is 17.7 Å². The summed E-state index contributed by atoms with van der Waals surface area (Å²) in [5, 5.41) is 27.9. The van der Waals surface area contributed by atoms with Gasteiger partial charge in [-0.3, -0.25) is 58.5 Å². The van der Waals surface area contributed by atoms with Gasteiger partial charge in [-0.25, -0.2) is 4.79 Å². The number of aryl methyl sites for hydroxylation is 3. The van der Waals surface area contributed by atoms with Crippen molar-refractivity contribution in [3.8, 4) is 33.8 Å². The second-order valence-electron chi connectivity index (χ2n) is 39.8. The summed E-state index contributed by atoms with van der Waals surface area (Å²) in [5.74, 6) is 1.58. The van der Waals surface area contributed by atoms with Crippen molar-refractivity contribution in [3.63, 3.8) is 0 Å². The highest BCUT2D eigenvalue weighted by Crippen LogP contribution is 2.53. The third kappa shape index (κ3) is 29.3. The molecule has 2 N–H and O–H groups in total. The number of pyridine rings is 5. The van der Waals surface area contributed by atoms with E-state index in [9.17, 15) is 38.4 Å². The van der Waals surface area contributed by atoms with Crippen LogP contribution in [0.25, 0.3) is 39.8 Å². The minimum absolute atomic E-state index is 0.0255. The van der Waals surface area contributed by atoms with Crippen LogP contribution < -0.4 is 15.1 Å². The van der Waals surface area contributed by atoms with E-state index in [0.717, 1.165) is 147 Å². The van der Waals surface area contributed by atoms with Gasteiger partial charge in [-0.15, -0.1) is 0 Å². The molecule has 11 aromatic rings. The molecule has 9 aliphatic rings. The normalized spacial score (nSPS) is 20.0. The van der Waals surface area contributed by atoms with Crippen molar-refractivity contribution >= 4 is 183 Å². The number of halogens is 9. The number of nitrogens with one attached hydrogen (secondary N) is 1. The van der Waals surface area contributed by atoms with Crippen LogP contribution in [0.15, 0.2) is 179 Å². The molecule has 3 amide bonds. The summed E-state index contributed by atoms with van der Waals surface area (Å²) in [5.41, 5.74) is 10.1.